The summed E-state index contributed by atoms with van der Waals surface area (Å²) in [6, 6.07) is 16.1. The molecule has 1 atom stereocenters. The average Bonchev–Trinajstić information content (AvgIpc) is 2.42. The van der Waals surface area contributed by atoms with Crippen LogP contribution in [0.2, 0.25) is 10.0 Å². The molecule has 0 aliphatic heterocycles. The van der Waals surface area contributed by atoms with Crippen molar-refractivity contribution in [1.29, 1.82) is 0 Å². The second-order valence-corrected chi connectivity index (χ2v) is 5.90. The van der Waals surface area contributed by atoms with E-state index in [0.29, 0.717) is 5.92 Å². The van der Waals surface area contributed by atoms with E-state index in [1.807, 2.05) is 43.4 Å². The Kier molecular flexibility index (Phi) is 5.90. The third-order valence-electron chi connectivity index (χ3n) is 3.37. The van der Waals surface area contributed by atoms with Gasteiger partial charge < -0.3 is 5.32 Å². The van der Waals surface area contributed by atoms with Gasteiger partial charge in [-0.15, -0.1) is 0 Å². The second kappa shape index (κ2) is 7.68. The molecule has 0 spiro atoms. The molecule has 0 fully saturated rings. The maximum Gasteiger partial charge on any atom is 0.0438 e. The van der Waals surface area contributed by atoms with Gasteiger partial charge in [-0.3, -0.25) is 0 Å². The number of rotatable bonds is 6. The molecule has 1 N–H and O–H groups in total. The normalized spacial score (nSPS) is 12.3. The van der Waals surface area contributed by atoms with Crippen LogP contribution in [0.4, 0.5) is 0 Å². The Hall–Kier alpha value is -1.02. The number of halogens is 2. The predicted molar refractivity (Wildman–Crippen MR) is 87.7 cm³/mol. The van der Waals surface area contributed by atoms with Gasteiger partial charge in [0.15, 0.2) is 0 Å². The summed E-state index contributed by atoms with van der Waals surface area (Å²) in [5.41, 5.74) is 2.47. The van der Waals surface area contributed by atoms with Crippen LogP contribution in [0.15, 0.2) is 48.5 Å². The molecule has 2 aromatic carbocycles. The molecule has 1 nitrogen and oxygen atoms in total. The molecule has 106 valence electrons. The van der Waals surface area contributed by atoms with E-state index in [1.54, 1.807) is 0 Å². The second-order valence-electron chi connectivity index (χ2n) is 5.05. The van der Waals surface area contributed by atoms with E-state index in [4.69, 9.17) is 23.2 Å². The van der Waals surface area contributed by atoms with Crippen LogP contribution in [0, 0.1) is 5.92 Å². The predicted octanol–water partition coefficient (Wildman–Crippen LogP) is 4.61. The standard InChI is InChI=1S/C17H19Cl2N/c1-20-12-14(9-13-5-4-7-16(18)11-13)10-15-6-2-3-8-17(15)19/h2-8,11,14,20H,9-10,12H2,1H3. The van der Waals surface area contributed by atoms with Gasteiger partial charge in [0.25, 0.3) is 0 Å². The van der Waals surface area contributed by atoms with Gasteiger partial charge in [-0.2, -0.15) is 0 Å². The first-order chi connectivity index (χ1) is 9.69. The first-order valence-electron chi connectivity index (χ1n) is 6.81. The lowest BCUT2D eigenvalue weighted by atomic mass is 9.92. The molecule has 0 radical (unpaired) electrons. The average molecular weight is 308 g/mol. The summed E-state index contributed by atoms with van der Waals surface area (Å²) in [4.78, 5) is 0. The van der Waals surface area contributed by atoms with Gasteiger partial charge in [-0.05, 0) is 61.7 Å². The van der Waals surface area contributed by atoms with Gasteiger partial charge in [0.2, 0.25) is 0 Å². The van der Waals surface area contributed by atoms with Crippen molar-refractivity contribution in [2.75, 3.05) is 13.6 Å². The summed E-state index contributed by atoms with van der Waals surface area (Å²) in [5, 5.41) is 4.91. The Morgan fingerprint density at radius 3 is 2.50 bits per heavy atom. The monoisotopic (exact) mass is 307 g/mol. The Balaban J connectivity index is 2.09. The highest BCUT2D eigenvalue weighted by molar-refractivity contribution is 6.31. The van der Waals surface area contributed by atoms with Crippen LogP contribution in [-0.2, 0) is 12.8 Å². The highest BCUT2D eigenvalue weighted by atomic mass is 35.5. The molecule has 0 bridgehead atoms. The van der Waals surface area contributed by atoms with Crippen LogP contribution in [0.5, 0.6) is 0 Å². The van der Waals surface area contributed by atoms with E-state index in [-0.39, 0.29) is 0 Å². The largest absolute Gasteiger partial charge is 0.319 e. The minimum atomic E-state index is 0.498. The molecule has 0 aliphatic carbocycles. The molecule has 0 amide bonds. The molecule has 0 heterocycles. The van der Waals surface area contributed by atoms with Gasteiger partial charge in [-0.1, -0.05) is 53.5 Å². The fourth-order valence-electron chi connectivity index (χ4n) is 2.48. The van der Waals surface area contributed by atoms with Gasteiger partial charge in [0, 0.05) is 10.0 Å². The van der Waals surface area contributed by atoms with E-state index in [2.05, 4.69) is 17.4 Å². The molecule has 0 saturated carbocycles. The number of hydrogen-bond donors (Lipinski definition) is 1. The molecule has 0 aliphatic rings. The zero-order valence-corrected chi connectivity index (χ0v) is 13.1. The summed E-state index contributed by atoms with van der Waals surface area (Å²) < 4.78 is 0. The van der Waals surface area contributed by atoms with Crippen LogP contribution in [0.3, 0.4) is 0 Å². The van der Waals surface area contributed by atoms with Crippen molar-refractivity contribution in [1.82, 2.24) is 5.32 Å². The highest BCUT2D eigenvalue weighted by Gasteiger charge is 2.12. The van der Waals surface area contributed by atoms with E-state index < -0.39 is 0 Å². The summed E-state index contributed by atoms with van der Waals surface area (Å²) >= 11 is 12.3. The molecule has 20 heavy (non-hydrogen) atoms. The fraction of sp³-hybridized carbons (Fsp3) is 0.294. The van der Waals surface area contributed by atoms with Crippen LogP contribution in [-0.4, -0.2) is 13.6 Å². The topological polar surface area (TPSA) is 12.0 Å². The van der Waals surface area contributed by atoms with Crippen LogP contribution < -0.4 is 5.32 Å². The smallest absolute Gasteiger partial charge is 0.0438 e. The Morgan fingerprint density at radius 1 is 1.00 bits per heavy atom. The van der Waals surface area contributed by atoms with Crippen molar-refractivity contribution in [2.45, 2.75) is 12.8 Å². The molecule has 1 unspecified atom stereocenters. The SMILES string of the molecule is CNCC(Cc1cccc(Cl)c1)Cc1ccccc1Cl. The zero-order valence-electron chi connectivity index (χ0n) is 11.6. The van der Waals surface area contributed by atoms with Gasteiger partial charge >= 0.3 is 0 Å². The van der Waals surface area contributed by atoms with Gasteiger partial charge in [0.05, 0.1) is 0 Å². The van der Waals surface area contributed by atoms with Crippen molar-refractivity contribution in [3.63, 3.8) is 0 Å². The van der Waals surface area contributed by atoms with Crippen molar-refractivity contribution in [2.24, 2.45) is 5.92 Å². The molecular formula is C17H19Cl2N. The van der Waals surface area contributed by atoms with Crippen LogP contribution in [0.25, 0.3) is 0 Å². The fourth-order valence-corrected chi connectivity index (χ4v) is 2.90. The Labute approximate surface area is 130 Å². The molecule has 3 heteroatoms. The van der Waals surface area contributed by atoms with E-state index in [0.717, 1.165) is 29.4 Å². The molecular weight excluding hydrogens is 289 g/mol. The lowest BCUT2D eigenvalue weighted by Gasteiger charge is -2.17. The summed E-state index contributed by atoms with van der Waals surface area (Å²) in [7, 11) is 1.98. The zero-order chi connectivity index (χ0) is 14.4. The molecule has 2 rings (SSSR count). The first-order valence-corrected chi connectivity index (χ1v) is 7.57. The molecule has 2 aromatic rings. The number of hydrogen-bond acceptors (Lipinski definition) is 1. The lowest BCUT2D eigenvalue weighted by Crippen LogP contribution is -2.23. The van der Waals surface area contributed by atoms with Crippen LogP contribution in [0.1, 0.15) is 11.1 Å². The van der Waals surface area contributed by atoms with Crippen LogP contribution >= 0.6 is 23.2 Å². The number of nitrogens with one attached hydrogen (secondary N) is 1. The van der Waals surface area contributed by atoms with Gasteiger partial charge in [0.1, 0.15) is 0 Å². The van der Waals surface area contributed by atoms with Crippen molar-refractivity contribution < 1.29 is 0 Å². The van der Waals surface area contributed by atoms with Crippen molar-refractivity contribution >= 4 is 23.2 Å². The summed E-state index contributed by atoms with van der Waals surface area (Å²) in [6.45, 7) is 0.956. The van der Waals surface area contributed by atoms with Crippen molar-refractivity contribution in [3.8, 4) is 0 Å². The van der Waals surface area contributed by atoms with E-state index in [1.165, 1.54) is 11.1 Å². The summed E-state index contributed by atoms with van der Waals surface area (Å²) in [5.74, 6) is 0.498. The molecule has 0 saturated heterocycles. The highest BCUT2D eigenvalue weighted by Crippen LogP contribution is 2.22. The quantitative estimate of drug-likeness (QED) is 0.821. The minimum Gasteiger partial charge on any atom is -0.319 e. The number of benzene rings is 2. The van der Waals surface area contributed by atoms with Gasteiger partial charge in [-0.25, -0.2) is 0 Å². The maximum atomic E-state index is 6.26. The van der Waals surface area contributed by atoms with E-state index in [9.17, 15) is 0 Å². The third-order valence-corrected chi connectivity index (χ3v) is 3.98. The molecule has 0 aromatic heterocycles. The summed E-state index contributed by atoms with van der Waals surface area (Å²) in [6.07, 6.45) is 1.96. The van der Waals surface area contributed by atoms with Crippen molar-refractivity contribution in [3.05, 3.63) is 69.7 Å². The minimum absolute atomic E-state index is 0.498. The third kappa shape index (κ3) is 4.52. The maximum absolute atomic E-state index is 6.26. The Bertz CT molecular complexity index is 554. The first kappa shape index (κ1) is 15.4. The van der Waals surface area contributed by atoms with E-state index >= 15 is 0 Å². The lowest BCUT2D eigenvalue weighted by molar-refractivity contribution is 0.493. The Morgan fingerprint density at radius 2 is 1.80 bits per heavy atom.